The molecule has 0 radical (unpaired) electrons. The summed E-state index contributed by atoms with van der Waals surface area (Å²) < 4.78 is 5.67. The molecule has 0 unspecified atom stereocenters. The quantitative estimate of drug-likeness (QED) is 0.488. The Hall–Kier alpha value is -3.56. The molecule has 3 aromatic rings. The Bertz CT molecular complexity index is 1300. The Morgan fingerprint density at radius 1 is 1.17 bits per heavy atom. The lowest BCUT2D eigenvalue weighted by Gasteiger charge is -2.23. The number of benzene rings is 2. The number of ether oxygens (including phenoxy) is 1. The first-order valence-electron chi connectivity index (χ1n) is 11.9. The molecule has 1 aromatic heterocycles. The standard InChI is InChI=1S/C26H30ClN7O2/c1-32(2)18-10-11-34(15-18)17-8-9-20(22(12-17)36-4)30-26-28-13-19(27)24(31-26)29-21-7-5-6-16-14-33(3)25(35)23(16)21/h5-9,12-13,18H,10-11,14-15H2,1-4H3,(H2,28,29,30,31)/t18-/m0/s1. The summed E-state index contributed by atoms with van der Waals surface area (Å²) in [6.07, 6.45) is 2.67. The fourth-order valence-electron chi connectivity index (χ4n) is 4.75. The van der Waals surface area contributed by atoms with Gasteiger partial charge in [0.25, 0.3) is 5.91 Å². The van der Waals surface area contributed by atoms with E-state index in [1.54, 1.807) is 19.1 Å². The Balaban J connectivity index is 1.36. The van der Waals surface area contributed by atoms with Crippen LogP contribution < -0.4 is 20.3 Å². The predicted octanol–water partition coefficient (Wildman–Crippen LogP) is 4.35. The zero-order valence-electron chi connectivity index (χ0n) is 20.9. The molecule has 5 rings (SSSR count). The normalized spacial score (nSPS) is 17.1. The van der Waals surface area contributed by atoms with E-state index < -0.39 is 0 Å². The molecule has 1 amide bonds. The predicted molar refractivity (Wildman–Crippen MR) is 143 cm³/mol. The number of aromatic nitrogens is 2. The number of methoxy groups -OCH3 is 1. The molecule has 0 spiro atoms. The van der Waals surface area contributed by atoms with Crippen molar-refractivity contribution in [3.63, 3.8) is 0 Å². The van der Waals surface area contributed by atoms with Gasteiger partial charge in [-0.3, -0.25) is 4.79 Å². The summed E-state index contributed by atoms with van der Waals surface area (Å²) in [5, 5.41) is 6.82. The average Bonchev–Trinajstić information content (AvgIpc) is 3.47. The fourth-order valence-corrected chi connectivity index (χ4v) is 4.89. The number of carbonyl (C=O) groups is 1. The molecule has 2 aliphatic heterocycles. The third-order valence-electron chi connectivity index (χ3n) is 6.81. The van der Waals surface area contributed by atoms with Crippen LogP contribution in [0.25, 0.3) is 0 Å². The van der Waals surface area contributed by atoms with E-state index in [-0.39, 0.29) is 5.91 Å². The summed E-state index contributed by atoms with van der Waals surface area (Å²) >= 11 is 6.41. The maximum atomic E-state index is 12.6. The zero-order valence-corrected chi connectivity index (χ0v) is 21.6. The largest absolute Gasteiger partial charge is 0.494 e. The number of hydrogen-bond donors (Lipinski definition) is 2. The number of anilines is 5. The molecule has 2 aliphatic rings. The number of fused-ring (bicyclic) bond motifs is 1. The van der Waals surface area contributed by atoms with E-state index in [4.69, 9.17) is 16.3 Å². The molecule has 0 aliphatic carbocycles. The van der Waals surface area contributed by atoms with Crippen LogP contribution in [0, 0.1) is 0 Å². The SMILES string of the molecule is COc1cc(N2CC[C@H](N(C)C)C2)ccc1Nc1ncc(Cl)c(Nc2cccc3c2C(=O)N(C)C3)n1. The van der Waals surface area contributed by atoms with Crippen LogP contribution in [-0.2, 0) is 6.54 Å². The molecular formula is C26H30ClN7O2. The first-order chi connectivity index (χ1) is 17.3. The number of rotatable bonds is 7. The van der Waals surface area contributed by atoms with Crippen LogP contribution in [0.4, 0.5) is 28.8 Å². The summed E-state index contributed by atoms with van der Waals surface area (Å²) in [5.74, 6) is 1.44. The van der Waals surface area contributed by atoms with Gasteiger partial charge < -0.3 is 30.1 Å². The van der Waals surface area contributed by atoms with Gasteiger partial charge in [0.1, 0.15) is 10.8 Å². The monoisotopic (exact) mass is 507 g/mol. The molecule has 2 N–H and O–H groups in total. The van der Waals surface area contributed by atoms with Gasteiger partial charge in [-0.15, -0.1) is 0 Å². The summed E-state index contributed by atoms with van der Waals surface area (Å²) in [6.45, 7) is 2.58. The highest BCUT2D eigenvalue weighted by atomic mass is 35.5. The molecule has 36 heavy (non-hydrogen) atoms. The molecule has 10 heteroatoms. The lowest BCUT2D eigenvalue weighted by Crippen LogP contribution is -2.31. The maximum absolute atomic E-state index is 12.6. The van der Waals surface area contributed by atoms with Crippen molar-refractivity contribution in [2.75, 3.05) is 56.9 Å². The van der Waals surface area contributed by atoms with Gasteiger partial charge in [0.15, 0.2) is 5.82 Å². The molecule has 1 atom stereocenters. The van der Waals surface area contributed by atoms with Crippen molar-refractivity contribution in [2.45, 2.75) is 19.0 Å². The van der Waals surface area contributed by atoms with Gasteiger partial charge in [-0.05, 0) is 44.3 Å². The highest BCUT2D eigenvalue weighted by Crippen LogP contribution is 2.35. The summed E-state index contributed by atoms with van der Waals surface area (Å²) in [6, 6.07) is 12.3. The van der Waals surface area contributed by atoms with E-state index in [1.807, 2.05) is 30.3 Å². The third kappa shape index (κ3) is 4.64. The van der Waals surface area contributed by atoms with Gasteiger partial charge in [0, 0.05) is 44.5 Å². The second-order valence-corrected chi connectivity index (χ2v) is 9.78. The minimum atomic E-state index is -0.0312. The van der Waals surface area contributed by atoms with Crippen molar-refractivity contribution in [3.05, 3.63) is 58.7 Å². The minimum Gasteiger partial charge on any atom is -0.494 e. The number of hydrogen-bond acceptors (Lipinski definition) is 8. The van der Waals surface area contributed by atoms with Crippen LogP contribution in [0.15, 0.2) is 42.6 Å². The van der Waals surface area contributed by atoms with Crippen LogP contribution in [0.3, 0.4) is 0 Å². The number of likely N-dealkylation sites (N-methyl/N-ethyl adjacent to an activating group) is 1. The summed E-state index contributed by atoms with van der Waals surface area (Å²) in [7, 11) is 7.68. The maximum Gasteiger partial charge on any atom is 0.256 e. The Morgan fingerprint density at radius 2 is 2.00 bits per heavy atom. The Morgan fingerprint density at radius 3 is 2.75 bits per heavy atom. The van der Waals surface area contributed by atoms with Gasteiger partial charge in [0.05, 0.1) is 30.2 Å². The molecule has 0 bridgehead atoms. The topological polar surface area (TPSA) is 85.9 Å². The Labute approximate surface area is 216 Å². The molecule has 9 nitrogen and oxygen atoms in total. The van der Waals surface area contributed by atoms with Crippen LogP contribution in [0.1, 0.15) is 22.3 Å². The average molecular weight is 508 g/mol. The smallest absolute Gasteiger partial charge is 0.256 e. The third-order valence-corrected chi connectivity index (χ3v) is 7.08. The lowest BCUT2D eigenvalue weighted by molar-refractivity contribution is 0.0817. The van der Waals surface area contributed by atoms with Crippen molar-refractivity contribution in [2.24, 2.45) is 0 Å². The molecule has 188 valence electrons. The highest BCUT2D eigenvalue weighted by Gasteiger charge is 2.28. The first kappa shape index (κ1) is 24.1. The first-order valence-corrected chi connectivity index (χ1v) is 12.2. The number of nitrogens with zero attached hydrogens (tertiary/aromatic N) is 5. The Kier molecular flexibility index (Phi) is 6.59. The van der Waals surface area contributed by atoms with E-state index in [1.165, 1.54) is 6.20 Å². The fraction of sp³-hybridized carbons (Fsp3) is 0.346. The van der Waals surface area contributed by atoms with E-state index in [0.717, 1.165) is 36.4 Å². The number of amides is 1. The van der Waals surface area contributed by atoms with Crippen molar-refractivity contribution in [3.8, 4) is 5.75 Å². The van der Waals surface area contributed by atoms with Crippen LogP contribution in [-0.4, -0.2) is 73.1 Å². The molecule has 1 saturated heterocycles. The van der Waals surface area contributed by atoms with Gasteiger partial charge in [0.2, 0.25) is 5.95 Å². The van der Waals surface area contributed by atoms with E-state index >= 15 is 0 Å². The molecule has 2 aromatic carbocycles. The van der Waals surface area contributed by atoms with Crippen LogP contribution in [0.2, 0.25) is 5.02 Å². The van der Waals surface area contributed by atoms with Crippen LogP contribution >= 0.6 is 11.6 Å². The van der Waals surface area contributed by atoms with Gasteiger partial charge in [-0.1, -0.05) is 23.7 Å². The second kappa shape index (κ2) is 9.83. The van der Waals surface area contributed by atoms with E-state index in [9.17, 15) is 4.79 Å². The highest BCUT2D eigenvalue weighted by molar-refractivity contribution is 6.33. The van der Waals surface area contributed by atoms with Crippen molar-refractivity contribution in [1.29, 1.82) is 0 Å². The van der Waals surface area contributed by atoms with Gasteiger partial charge >= 0.3 is 0 Å². The van der Waals surface area contributed by atoms with Crippen molar-refractivity contribution >= 4 is 46.3 Å². The number of nitrogens with one attached hydrogen (secondary N) is 2. The summed E-state index contributed by atoms with van der Waals surface area (Å²) in [5.41, 5.74) is 4.14. The second-order valence-electron chi connectivity index (χ2n) is 9.38. The van der Waals surface area contributed by atoms with Gasteiger partial charge in [-0.25, -0.2) is 4.98 Å². The van der Waals surface area contributed by atoms with Crippen LogP contribution in [0.5, 0.6) is 5.75 Å². The van der Waals surface area contributed by atoms with Crippen molar-refractivity contribution in [1.82, 2.24) is 19.8 Å². The van der Waals surface area contributed by atoms with Crippen molar-refractivity contribution < 1.29 is 9.53 Å². The van der Waals surface area contributed by atoms with E-state index in [0.29, 0.717) is 46.4 Å². The number of carbonyl (C=O) groups excluding carboxylic acids is 1. The molecular weight excluding hydrogens is 478 g/mol. The summed E-state index contributed by atoms with van der Waals surface area (Å²) in [4.78, 5) is 27.9. The zero-order chi connectivity index (χ0) is 25.4. The van der Waals surface area contributed by atoms with Gasteiger partial charge in [-0.2, -0.15) is 4.98 Å². The lowest BCUT2D eigenvalue weighted by atomic mass is 10.1. The van der Waals surface area contributed by atoms with E-state index in [2.05, 4.69) is 50.6 Å². The molecule has 3 heterocycles. The number of halogens is 1. The molecule has 1 fully saturated rings. The molecule has 0 saturated carbocycles. The minimum absolute atomic E-state index is 0.0312.